The largest absolute Gasteiger partial charge is 0.390 e. The Bertz CT molecular complexity index is 286. The molecule has 0 aromatic carbocycles. The van der Waals surface area contributed by atoms with E-state index >= 15 is 0 Å². The van der Waals surface area contributed by atoms with Crippen molar-refractivity contribution in [1.29, 1.82) is 0 Å². The second-order valence-corrected chi connectivity index (χ2v) is 5.92. The van der Waals surface area contributed by atoms with Crippen molar-refractivity contribution in [3.8, 4) is 0 Å². The third kappa shape index (κ3) is 1.48. The van der Waals surface area contributed by atoms with E-state index in [-0.39, 0.29) is 11.5 Å². The fourth-order valence-corrected chi connectivity index (χ4v) is 4.45. The molecule has 4 fully saturated rings. The fraction of sp³-hybridized carbons (Fsp3) is 0.917. The minimum atomic E-state index is -0.383. The second-order valence-electron chi connectivity index (χ2n) is 5.92. The highest BCUT2D eigenvalue weighted by atomic mass is 16.3. The van der Waals surface area contributed by atoms with Crippen LogP contribution in [-0.2, 0) is 4.79 Å². The Balaban J connectivity index is 1.82. The van der Waals surface area contributed by atoms with Crippen LogP contribution in [0.4, 0.5) is 0 Å². The maximum absolute atomic E-state index is 11.1. The van der Waals surface area contributed by atoms with Crippen molar-refractivity contribution in [2.45, 2.75) is 50.7 Å². The zero-order chi connectivity index (χ0) is 10.6. The smallest absolute Gasteiger partial charge is 0.217 e. The molecular formula is C12H19NO2. The van der Waals surface area contributed by atoms with Gasteiger partial charge in [-0.05, 0) is 49.9 Å². The van der Waals surface area contributed by atoms with Gasteiger partial charge in [-0.3, -0.25) is 4.79 Å². The first kappa shape index (κ1) is 9.64. The van der Waals surface area contributed by atoms with Gasteiger partial charge in [0.15, 0.2) is 0 Å². The van der Waals surface area contributed by atoms with Gasteiger partial charge in [-0.15, -0.1) is 0 Å². The van der Waals surface area contributed by atoms with Crippen LogP contribution >= 0.6 is 0 Å². The number of rotatable bonds is 1. The lowest BCUT2D eigenvalue weighted by Gasteiger charge is -2.58. The molecule has 2 N–H and O–H groups in total. The average molecular weight is 209 g/mol. The molecule has 0 aromatic heterocycles. The Morgan fingerprint density at radius 3 is 2.33 bits per heavy atom. The molecule has 4 bridgehead atoms. The number of carbonyl (C=O) groups is 1. The molecule has 0 radical (unpaired) electrons. The monoisotopic (exact) mass is 209 g/mol. The van der Waals surface area contributed by atoms with Gasteiger partial charge >= 0.3 is 0 Å². The number of carbonyl (C=O) groups excluding carboxylic acids is 1. The Hall–Kier alpha value is -0.570. The molecule has 4 aliphatic carbocycles. The van der Waals surface area contributed by atoms with Crippen LogP contribution in [0.5, 0.6) is 0 Å². The lowest BCUT2D eigenvalue weighted by molar-refractivity contribution is -0.145. The zero-order valence-corrected chi connectivity index (χ0v) is 9.20. The van der Waals surface area contributed by atoms with Crippen LogP contribution in [0.15, 0.2) is 0 Å². The summed E-state index contributed by atoms with van der Waals surface area (Å²) in [6.07, 6.45) is 5.25. The van der Waals surface area contributed by atoms with Crippen molar-refractivity contribution < 1.29 is 9.90 Å². The maximum atomic E-state index is 11.1. The summed E-state index contributed by atoms with van der Waals surface area (Å²) in [5.74, 6) is 1.87. The molecule has 0 aliphatic heterocycles. The number of hydrogen-bond acceptors (Lipinski definition) is 2. The molecule has 0 spiro atoms. The van der Waals surface area contributed by atoms with E-state index in [4.69, 9.17) is 0 Å². The maximum Gasteiger partial charge on any atom is 0.217 e. The van der Waals surface area contributed by atoms with E-state index in [1.165, 1.54) is 12.8 Å². The molecule has 4 aliphatic rings. The fourth-order valence-electron chi connectivity index (χ4n) is 4.45. The number of hydrogen-bond donors (Lipinski definition) is 2. The minimum Gasteiger partial charge on any atom is -0.390 e. The van der Waals surface area contributed by atoms with E-state index in [2.05, 4.69) is 5.32 Å². The van der Waals surface area contributed by atoms with E-state index < -0.39 is 0 Å². The quantitative estimate of drug-likeness (QED) is 0.678. The van der Waals surface area contributed by atoms with Gasteiger partial charge in [0.25, 0.3) is 0 Å². The van der Waals surface area contributed by atoms with Crippen LogP contribution in [0.3, 0.4) is 0 Å². The molecular weight excluding hydrogens is 190 g/mol. The van der Waals surface area contributed by atoms with Crippen LogP contribution in [0, 0.1) is 17.8 Å². The van der Waals surface area contributed by atoms with Gasteiger partial charge in [-0.1, -0.05) is 0 Å². The Morgan fingerprint density at radius 2 is 1.87 bits per heavy atom. The summed E-state index contributed by atoms with van der Waals surface area (Å²) < 4.78 is 0. The highest BCUT2D eigenvalue weighted by Gasteiger charge is 2.54. The predicted molar refractivity (Wildman–Crippen MR) is 56.1 cm³/mol. The molecule has 3 nitrogen and oxygen atoms in total. The predicted octanol–water partition coefficient (Wildman–Crippen LogP) is 1.06. The first-order chi connectivity index (χ1) is 7.06. The van der Waals surface area contributed by atoms with E-state index in [9.17, 15) is 9.90 Å². The van der Waals surface area contributed by atoms with Crippen LogP contribution in [0.1, 0.15) is 39.0 Å². The minimum absolute atomic E-state index is 0.0828. The van der Waals surface area contributed by atoms with Crippen molar-refractivity contribution >= 4 is 5.91 Å². The summed E-state index contributed by atoms with van der Waals surface area (Å²) in [4.78, 5) is 11.1. The standard InChI is InChI=1S/C12H19NO2/c1-7(14)13-11-9-2-8-3-10(11)6-12(15,4-8)5-9/h8-11,15H,2-6H2,1H3,(H,13,14). The van der Waals surface area contributed by atoms with E-state index in [1.807, 2.05) is 0 Å². The van der Waals surface area contributed by atoms with E-state index in [0.29, 0.717) is 17.9 Å². The molecule has 1 amide bonds. The average Bonchev–Trinajstić information content (AvgIpc) is 2.08. The van der Waals surface area contributed by atoms with E-state index in [0.717, 1.165) is 25.2 Å². The summed E-state index contributed by atoms with van der Waals surface area (Å²) in [5, 5.41) is 13.4. The molecule has 2 unspecified atom stereocenters. The summed E-state index contributed by atoms with van der Waals surface area (Å²) in [6.45, 7) is 1.60. The molecule has 15 heavy (non-hydrogen) atoms. The summed E-state index contributed by atoms with van der Waals surface area (Å²) in [7, 11) is 0. The number of aliphatic hydroxyl groups is 1. The normalized spacial score (nSPS) is 51.9. The Morgan fingerprint density at radius 1 is 1.27 bits per heavy atom. The molecule has 0 aromatic rings. The zero-order valence-electron chi connectivity index (χ0n) is 9.20. The van der Waals surface area contributed by atoms with Gasteiger partial charge in [-0.2, -0.15) is 0 Å². The van der Waals surface area contributed by atoms with Crippen molar-refractivity contribution in [3.63, 3.8) is 0 Å². The first-order valence-corrected chi connectivity index (χ1v) is 6.05. The van der Waals surface area contributed by atoms with Crippen LogP contribution < -0.4 is 5.32 Å². The Labute approximate surface area is 90.2 Å². The molecule has 4 rings (SSSR count). The molecule has 3 heteroatoms. The lowest BCUT2D eigenvalue weighted by Crippen LogP contribution is -2.61. The van der Waals surface area contributed by atoms with E-state index in [1.54, 1.807) is 6.92 Å². The van der Waals surface area contributed by atoms with Crippen molar-refractivity contribution in [2.24, 2.45) is 17.8 Å². The van der Waals surface area contributed by atoms with Gasteiger partial charge in [0, 0.05) is 13.0 Å². The van der Waals surface area contributed by atoms with Gasteiger partial charge in [0.05, 0.1) is 5.60 Å². The second kappa shape index (κ2) is 2.97. The third-order valence-electron chi connectivity index (χ3n) is 4.61. The first-order valence-electron chi connectivity index (χ1n) is 6.05. The number of nitrogens with one attached hydrogen (secondary N) is 1. The SMILES string of the molecule is CC(=O)NC1C2CC3CC1CC(O)(C3)C2. The van der Waals surface area contributed by atoms with Gasteiger partial charge in [0.2, 0.25) is 5.91 Å². The Kier molecular flexibility index (Phi) is 1.91. The molecule has 0 heterocycles. The molecule has 0 saturated heterocycles. The summed E-state index contributed by atoms with van der Waals surface area (Å²) in [6, 6.07) is 0.347. The highest BCUT2D eigenvalue weighted by molar-refractivity contribution is 5.73. The molecule has 2 atom stereocenters. The highest BCUT2D eigenvalue weighted by Crippen LogP contribution is 2.55. The lowest BCUT2D eigenvalue weighted by atomic mass is 9.52. The van der Waals surface area contributed by atoms with Crippen molar-refractivity contribution in [1.82, 2.24) is 5.32 Å². The number of amides is 1. The molecule has 84 valence electrons. The van der Waals surface area contributed by atoms with Gasteiger partial charge in [-0.25, -0.2) is 0 Å². The van der Waals surface area contributed by atoms with Crippen molar-refractivity contribution in [3.05, 3.63) is 0 Å². The van der Waals surface area contributed by atoms with Crippen molar-refractivity contribution in [2.75, 3.05) is 0 Å². The van der Waals surface area contributed by atoms with Gasteiger partial charge < -0.3 is 10.4 Å². The summed E-state index contributed by atoms with van der Waals surface area (Å²) in [5.41, 5.74) is -0.383. The summed E-state index contributed by atoms with van der Waals surface area (Å²) >= 11 is 0. The van der Waals surface area contributed by atoms with Crippen LogP contribution in [0.25, 0.3) is 0 Å². The third-order valence-corrected chi connectivity index (χ3v) is 4.61. The van der Waals surface area contributed by atoms with Crippen LogP contribution in [0.2, 0.25) is 0 Å². The topological polar surface area (TPSA) is 49.3 Å². The molecule has 4 saturated carbocycles. The van der Waals surface area contributed by atoms with Gasteiger partial charge in [0.1, 0.15) is 0 Å². The van der Waals surface area contributed by atoms with Crippen LogP contribution in [-0.4, -0.2) is 22.7 Å².